The molecule has 2 amide bonds. The largest absolute Gasteiger partial charge is 0.497 e. The van der Waals surface area contributed by atoms with Crippen LogP contribution >= 0.6 is 0 Å². The van der Waals surface area contributed by atoms with E-state index in [1.165, 1.54) is 4.90 Å². The second-order valence-corrected chi connectivity index (χ2v) is 8.59. The lowest BCUT2D eigenvalue weighted by atomic mass is 9.93. The lowest BCUT2D eigenvalue weighted by Gasteiger charge is -2.37. The number of aryl methyl sites for hydroxylation is 1. The monoisotopic (exact) mass is 453 g/mol. The predicted octanol–water partition coefficient (Wildman–Crippen LogP) is 4.35. The van der Waals surface area contributed by atoms with Crippen molar-refractivity contribution >= 4 is 28.8 Å². The van der Waals surface area contributed by atoms with Gasteiger partial charge in [0.1, 0.15) is 5.75 Å². The van der Waals surface area contributed by atoms with Crippen LogP contribution in [0.1, 0.15) is 21.5 Å². The number of carbonyl (C=O) groups is 2. The number of rotatable bonds is 4. The summed E-state index contributed by atoms with van der Waals surface area (Å²) in [6.45, 7) is 5.22. The van der Waals surface area contributed by atoms with Crippen molar-refractivity contribution in [2.75, 3.05) is 43.1 Å². The zero-order valence-electron chi connectivity index (χ0n) is 19.4. The first kappa shape index (κ1) is 21.8. The summed E-state index contributed by atoms with van der Waals surface area (Å²) >= 11 is 0. The van der Waals surface area contributed by atoms with E-state index >= 15 is 0 Å². The fraction of sp³-hybridized carbons (Fsp3) is 0.214. The van der Waals surface area contributed by atoms with Crippen molar-refractivity contribution < 1.29 is 14.3 Å². The Bertz CT molecular complexity index is 1240. The van der Waals surface area contributed by atoms with Crippen LogP contribution in [0.25, 0.3) is 5.57 Å². The zero-order chi connectivity index (χ0) is 23.7. The van der Waals surface area contributed by atoms with Crippen molar-refractivity contribution in [3.8, 4) is 5.75 Å². The van der Waals surface area contributed by atoms with E-state index in [0.29, 0.717) is 22.4 Å². The predicted molar refractivity (Wildman–Crippen MR) is 134 cm³/mol. The van der Waals surface area contributed by atoms with Crippen LogP contribution in [0.4, 0.5) is 11.4 Å². The number of fused-ring (bicyclic) bond motifs is 1. The van der Waals surface area contributed by atoms with Crippen LogP contribution in [0.3, 0.4) is 0 Å². The molecule has 0 bridgehead atoms. The number of hydrogen-bond donors (Lipinski definition) is 0. The number of benzene rings is 3. The van der Waals surface area contributed by atoms with Crippen molar-refractivity contribution in [2.24, 2.45) is 0 Å². The zero-order valence-corrected chi connectivity index (χ0v) is 19.4. The fourth-order valence-corrected chi connectivity index (χ4v) is 4.49. The van der Waals surface area contributed by atoms with E-state index in [0.717, 1.165) is 43.2 Å². The molecule has 3 aromatic carbocycles. The number of piperazine rings is 1. The van der Waals surface area contributed by atoms with E-state index in [1.807, 2.05) is 67.7 Å². The summed E-state index contributed by atoms with van der Waals surface area (Å²) < 4.78 is 5.26. The topological polar surface area (TPSA) is 53.1 Å². The van der Waals surface area contributed by atoms with E-state index in [1.54, 1.807) is 13.2 Å². The molecule has 6 nitrogen and oxygen atoms in total. The van der Waals surface area contributed by atoms with Crippen LogP contribution in [0.15, 0.2) is 79.0 Å². The Morgan fingerprint density at radius 2 is 1.35 bits per heavy atom. The third kappa shape index (κ3) is 4.03. The number of ether oxygens (including phenoxy) is 1. The molecule has 0 radical (unpaired) electrons. The second kappa shape index (κ2) is 9.06. The summed E-state index contributed by atoms with van der Waals surface area (Å²) in [5, 5.41) is 0. The normalized spacial score (nSPS) is 17.2. The fourth-order valence-electron chi connectivity index (χ4n) is 4.49. The lowest BCUT2D eigenvalue weighted by Crippen LogP contribution is -2.46. The SMILES string of the molecule is COc1ccc(N2CCN(C=C3C(=O)N(c4ccc(C)cc4)C(=O)c4ccccc43)CC2)cc1. The van der Waals surface area contributed by atoms with E-state index < -0.39 is 0 Å². The van der Waals surface area contributed by atoms with Crippen molar-refractivity contribution in [1.82, 2.24) is 4.90 Å². The Balaban J connectivity index is 1.41. The van der Waals surface area contributed by atoms with Crippen LogP contribution < -0.4 is 14.5 Å². The minimum Gasteiger partial charge on any atom is -0.497 e. The highest BCUT2D eigenvalue weighted by Crippen LogP contribution is 2.33. The van der Waals surface area contributed by atoms with Crippen LogP contribution in [0.5, 0.6) is 5.75 Å². The molecular formula is C28H27N3O3. The molecule has 2 aliphatic heterocycles. The summed E-state index contributed by atoms with van der Waals surface area (Å²) in [5.74, 6) is 0.269. The van der Waals surface area contributed by atoms with Crippen molar-refractivity contribution in [2.45, 2.75) is 6.92 Å². The Morgan fingerprint density at radius 1 is 0.735 bits per heavy atom. The highest BCUT2D eigenvalue weighted by molar-refractivity contribution is 6.41. The van der Waals surface area contributed by atoms with Crippen molar-refractivity contribution in [3.63, 3.8) is 0 Å². The van der Waals surface area contributed by atoms with Gasteiger partial charge in [-0.1, -0.05) is 35.9 Å². The molecule has 0 N–H and O–H groups in total. The molecule has 1 fully saturated rings. The van der Waals surface area contributed by atoms with Crippen LogP contribution in [-0.2, 0) is 4.79 Å². The standard InChI is InChI=1S/C28H27N3O3/c1-20-7-9-22(10-8-20)31-27(32)25-6-4-3-5-24(25)26(28(31)33)19-29-15-17-30(18-16-29)21-11-13-23(34-2)14-12-21/h3-14,19H,15-18H2,1-2H3. The van der Waals surface area contributed by atoms with Gasteiger partial charge in [0.2, 0.25) is 0 Å². The molecule has 172 valence electrons. The molecule has 34 heavy (non-hydrogen) atoms. The third-order valence-electron chi connectivity index (χ3n) is 6.44. The van der Waals surface area contributed by atoms with Crippen molar-refractivity contribution in [3.05, 3.63) is 95.7 Å². The van der Waals surface area contributed by atoms with Gasteiger partial charge in [-0.05, 0) is 49.4 Å². The van der Waals surface area contributed by atoms with Crippen LogP contribution in [0, 0.1) is 6.92 Å². The summed E-state index contributed by atoms with van der Waals surface area (Å²) in [4.78, 5) is 32.6. The number of anilines is 2. The number of nitrogens with zero attached hydrogens (tertiary/aromatic N) is 3. The van der Waals surface area contributed by atoms with E-state index in [-0.39, 0.29) is 11.8 Å². The number of methoxy groups -OCH3 is 1. The van der Waals surface area contributed by atoms with E-state index in [2.05, 4.69) is 21.9 Å². The molecule has 0 aromatic heterocycles. The summed E-state index contributed by atoms with van der Waals surface area (Å²) in [7, 11) is 1.67. The maximum Gasteiger partial charge on any atom is 0.267 e. The van der Waals surface area contributed by atoms with Gasteiger partial charge in [0.15, 0.2) is 0 Å². The molecule has 0 saturated carbocycles. The highest BCUT2D eigenvalue weighted by Gasteiger charge is 2.36. The Morgan fingerprint density at radius 3 is 2.00 bits per heavy atom. The number of amides is 2. The van der Waals surface area contributed by atoms with Crippen LogP contribution in [0.2, 0.25) is 0 Å². The Labute approximate surface area is 199 Å². The molecule has 5 rings (SSSR count). The number of carbonyl (C=O) groups excluding carboxylic acids is 2. The summed E-state index contributed by atoms with van der Waals surface area (Å²) in [6, 6.07) is 22.9. The van der Waals surface area contributed by atoms with Gasteiger partial charge in [-0.2, -0.15) is 0 Å². The molecule has 0 atom stereocenters. The first-order valence-corrected chi connectivity index (χ1v) is 11.4. The smallest absolute Gasteiger partial charge is 0.267 e. The van der Waals surface area contributed by atoms with Gasteiger partial charge in [0.25, 0.3) is 11.8 Å². The second-order valence-electron chi connectivity index (χ2n) is 8.59. The molecule has 0 unspecified atom stereocenters. The summed E-state index contributed by atoms with van der Waals surface area (Å²) in [5.41, 5.74) is 4.61. The number of imide groups is 1. The van der Waals surface area contributed by atoms with E-state index in [9.17, 15) is 9.59 Å². The average molecular weight is 454 g/mol. The highest BCUT2D eigenvalue weighted by atomic mass is 16.5. The lowest BCUT2D eigenvalue weighted by molar-refractivity contribution is -0.112. The molecule has 0 spiro atoms. The Kier molecular flexibility index (Phi) is 5.80. The molecule has 2 heterocycles. The Hall–Kier alpha value is -4.06. The van der Waals surface area contributed by atoms with Gasteiger partial charge in [-0.25, -0.2) is 4.90 Å². The minimum atomic E-state index is -0.287. The van der Waals surface area contributed by atoms with Gasteiger partial charge in [0.05, 0.1) is 18.4 Å². The van der Waals surface area contributed by atoms with Crippen LogP contribution in [-0.4, -0.2) is 50.0 Å². The minimum absolute atomic E-state index is 0.286. The summed E-state index contributed by atoms with van der Waals surface area (Å²) in [6.07, 6.45) is 1.93. The first-order chi connectivity index (χ1) is 16.5. The number of hydrogen-bond acceptors (Lipinski definition) is 5. The molecule has 3 aromatic rings. The molecular weight excluding hydrogens is 426 g/mol. The van der Waals surface area contributed by atoms with Crippen molar-refractivity contribution in [1.29, 1.82) is 0 Å². The third-order valence-corrected chi connectivity index (χ3v) is 6.44. The van der Waals surface area contributed by atoms with Gasteiger partial charge in [-0.15, -0.1) is 0 Å². The quantitative estimate of drug-likeness (QED) is 0.434. The van der Waals surface area contributed by atoms with E-state index in [4.69, 9.17) is 4.74 Å². The average Bonchev–Trinajstić information content (AvgIpc) is 2.88. The van der Waals surface area contributed by atoms with Gasteiger partial charge in [0, 0.05) is 49.2 Å². The van der Waals surface area contributed by atoms with Gasteiger partial charge in [-0.3, -0.25) is 9.59 Å². The van der Waals surface area contributed by atoms with Gasteiger partial charge >= 0.3 is 0 Å². The molecule has 2 aliphatic rings. The maximum atomic E-state index is 13.6. The van der Waals surface area contributed by atoms with Gasteiger partial charge < -0.3 is 14.5 Å². The molecule has 6 heteroatoms. The molecule has 0 aliphatic carbocycles. The first-order valence-electron chi connectivity index (χ1n) is 11.4. The maximum absolute atomic E-state index is 13.6. The molecule has 1 saturated heterocycles.